The second-order valence-electron chi connectivity index (χ2n) is 5.79. The van der Waals surface area contributed by atoms with Crippen LogP contribution in [0, 0.1) is 6.92 Å². The molecule has 0 aliphatic heterocycles. The zero-order valence-electron chi connectivity index (χ0n) is 12.5. The van der Waals surface area contributed by atoms with Gasteiger partial charge in [-0.05, 0) is 48.6 Å². The van der Waals surface area contributed by atoms with Gasteiger partial charge in [-0.25, -0.2) is 0 Å². The minimum absolute atomic E-state index is 1.12. The topological polar surface area (TPSA) is 15.8 Å². The van der Waals surface area contributed by atoms with Crippen LogP contribution >= 0.6 is 0 Å². The fraction of sp³-hybridized carbons (Fsp3) is 0.200. The molecule has 2 aromatic carbocycles. The third-order valence-electron chi connectivity index (χ3n) is 4.56. The Hall–Kier alpha value is -2.28. The maximum atomic E-state index is 3.69. The van der Waals surface area contributed by atoms with Gasteiger partial charge in [-0.2, -0.15) is 0 Å². The molecular formula is C20H19N. The lowest BCUT2D eigenvalue weighted by atomic mass is 9.92. The zero-order valence-corrected chi connectivity index (χ0v) is 12.5. The molecule has 104 valence electrons. The number of benzene rings is 2. The molecule has 1 aromatic heterocycles. The van der Waals surface area contributed by atoms with Crippen LogP contribution < -0.4 is 0 Å². The Labute approximate surface area is 125 Å². The lowest BCUT2D eigenvalue weighted by Gasteiger charge is -2.10. The third kappa shape index (κ3) is 1.70. The van der Waals surface area contributed by atoms with Crippen LogP contribution in [0.25, 0.3) is 33.8 Å². The first-order valence-corrected chi connectivity index (χ1v) is 7.66. The second kappa shape index (κ2) is 4.63. The largest absolute Gasteiger partial charge is 0.358 e. The number of allylic oxidation sites excluding steroid dienone is 2. The fourth-order valence-corrected chi connectivity index (χ4v) is 3.59. The molecule has 1 N–H and O–H groups in total. The molecule has 0 amide bonds. The molecule has 3 aromatic rings. The van der Waals surface area contributed by atoms with Gasteiger partial charge in [0.1, 0.15) is 0 Å². The third-order valence-corrected chi connectivity index (χ3v) is 4.56. The standard InChI is InChI=1S/C20H19N/c1-3-8-14-13(2)20-19(16-10-5-4-9-15(14)16)17-11-6-7-12-18(17)21-20/h3-6,8-11,21H,7,12H2,1-2H3/b8-3-. The molecule has 0 fully saturated rings. The van der Waals surface area contributed by atoms with Gasteiger partial charge in [0.05, 0.1) is 5.52 Å². The summed E-state index contributed by atoms with van der Waals surface area (Å²) in [4.78, 5) is 3.69. The summed E-state index contributed by atoms with van der Waals surface area (Å²) < 4.78 is 0. The van der Waals surface area contributed by atoms with E-state index >= 15 is 0 Å². The van der Waals surface area contributed by atoms with Crippen LogP contribution in [-0.2, 0) is 6.42 Å². The predicted octanol–water partition coefficient (Wildman–Crippen LogP) is 5.62. The van der Waals surface area contributed by atoms with E-state index in [-0.39, 0.29) is 0 Å². The van der Waals surface area contributed by atoms with Crippen molar-refractivity contribution in [3.05, 3.63) is 58.8 Å². The number of nitrogens with one attached hydrogen (secondary N) is 1. The summed E-state index contributed by atoms with van der Waals surface area (Å²) in [6.07, 6.45) is 11.2. The molecule has 1 heterocycles. The normalized spacial score (nSPS) is 14.4. The first-order valence-electron chi connectivity index (χ1n) is 7.66. The number of rotatable bonds is 1. The average Bonchev–Trinajstić information content (AvgIpc) is 2.91. The molecule has 1 aliphatic carbocycles. The summed E-state index contributed by atoms with van der Waals surface area (Å²) in [7, 11) is 0. The summed E-state index contributed by atoms with van der Waals surface area (Å²) in [6, 6.07) is 8.77. The molecule has 1 aliphatic rings. The van der Waals surface area contributed by atoms with Crippen molar-refractivity contribution in [1.29, 1.82) is 0 Å². The Balaban J connectivity index is 2.27. The van der Waals surface area contributed by atoms with Crippen LogP contribution in [-0.4, -0.2) is 4.98 Å². The van der Waals surface area contributed by atoms with Crippen molar-refractivity contribution in [2.24, 2.45) is 0 Å². The van der Waals surface area contributed by atoms with Gasteiger partial charge < -0.3 is 4.98 Å². The predicted molar refractivity (Wildman–Crippen MR) is 92.6 cm³/mol. The lowest BCUT2D eigenvalue weighted by Crippen LogP contribution is -1.90. The Morgan fingerprint density at radius 3 is 2.76 bits per heavy atom. The molecule has 0 saturated carbocycles. The van der Waals surface area contributed by atoms with Gasteiger partial charge >= 0.3 is 0 Å². The molecule has 0 spiro atoms. The summed E-state index contributed by atoms with van der Waals surface area (Å²) in [5.74, 6) is 0. The van der Waals surface area contributed by atoms with E-state index in [1.165, 1.54) is 44.1 Å². The van der Waals surface area contributed by atoms with E-state index in [9.17, 15) is 0 Å². The minimum Gasteiger partial charge on any atom is -0.358 e. The number of aromatic nitrogens is 1. The number of hydrogen-bond donors (Lipinski definition) is 1. The van der Waals surface area contributed by atoms with Gasteiger partial charge in [-0.3, -0.25) is 0 Å². The van der Waals surface area contributed by atoms with Gasteiger partial charge in [0.2, 0.25) is 0 Å². The number of fused-ring (bicyclic) bond motifs is 5. The number of aryl methyl sites for hydroxylation is 2. The highest BCUT2D eigenvalue weighted by Gasteiger charge is 2.18. The van der Waals surface area contributed by atoms with Crippen LogP contribution in [0.15, 0.2) is 36.4 Å². The summed E-state index contributed by atoms with van der Waals surface area (Å²) in [5, 5.41) is 4.10. The highest BCUT2D eigenvalue weighted by atomic mass is 14.7. The average molecular weight is 273 g/mol. The monoisotopic (exact) mass is 273 g/mol. The molecule has 0 radical (unpaired) electrons. The summed E-state index contributed by atoms with van der Waals surface area (Å²) in [5.41, 5.74) is 6.77. The number of aromatic amines is 1. The first-order chi connectivity index (χ1) is 10.3. The van der Waals surface area contributed by atoms with Gasteiger partial charge in [-0.15, -0.1) is 0 Å². The van der Waals surface area contributed by atoms with Crippen LogP contribution in [0.5, 0.6) is 0 Å². The molecular weight excluding hydrogens is 254 g/mol. The first kappa shape index (κ1) is 12.5. The molecule has 4 rings (SSSR count). The van der Waals surface area contributed by atoms with Crippen molar-refractivity contribution in [3.8, 4) is 0 Å². The Morgan fingerprint density at radius 1 is 1.14 bits per heavy atom. The number of hydrogen-bond acceptors (Lipinski definition) is 0. The van der Waals surface area contributed by atoms with Crippen molar-refractivity contribution in [1.82, 2.24) is 4.98 Å². The molecule has 0 saturated heterocycles. The summed E-state index contributed by atoms with van der Waals surface area (Å²) >= 11 is 0. The van der Waals surface area contributed by atoms with Crippen LogP contribution in [0.1, 0.15) is 35.7 Å². The van der Waals surface area contributed by atoms with E-state index in [2.05, 4.69) is 67.4 Å². The van der Waals surface area contributed by atoms with Crippen molar-refractivity contribution >= 4 is 33.8 Å². The molecule has 1 nitrogen and oxygen atoms in total. The van der Waals surface area contributed by atoms with E-state index in [0.29, 0.717) is 0 Å². The van der Waals surface area contributed by atoms with Gasteiger partial charge in [0, 0.05) is 16.6 Å². The quantitative estimate of drug-likeness (QED) is 0.592. The molecule has 0 unspecified atom stereocenters. The van der Waals surface area contributed by atoms with Gasteiger partial charge in [-0.1, -0.05) is 48.6 Å². The van der Waals surface area contributed by atoms with E-state index in [4.69, 9.17) is 0 Å². The van der Waals surface area contributed by atoms with E-state index in [0.717, 1.165) is 12.8 Å². The van der Waals surface area contributed by atoms with Gasteiger partial charge in [0.25, 0.3) is 0 Å². The van der Waals surface area contributed by atoms with E-state index < -0.39 is 0 Å². The maximum Gasteiger partial charge on any atom is 0.0504 e. The SMILES string of the molecule is C/C=C\c1c(C)c2[nH]c3c(c2c2ccccc12)C=CCC3. The lowest BCUT2D eigenvalue weighted by molar-refractivity contribution is 0.950. The van der Waals surface area contributed by atoms with Gasteiger partial charge in [0.15, 0.2) is 0 Å². The highest BCUT2D eigenvalue weighted by Crippen LogP contribution is 2.38. The second-order valence-corrected chi connectivity index (χ2v) is 5.79. The van der Waals surface area contributed by atoms with Crippen molar-refractivity contribution < 1.29 is 0 Å². The van der Waals surface area contributed by atoms with Crippen molar-refractivity contribution in [2.75, 3.05) is 0 Å². The van der Waals surface area contributed by atoms with Crippen molar-refractivity contribution in [3.63, 3.8) is 0 Å². The van der Waals surface area contributed by atoms with E-state index in [1.54, 1.807) is 0 Å². The Morgan fingerprint density at radius 2 is 1.95 bits per heavy atom. The molecule has 0 atom stereocenters. The minimum atomic E-state index is 1.12. The maximum absolute atomic E-state index is 3.69. The zero-order chi connectivity index (χ0) is 14.4. The summed E-state index contributed by atoms with van der Waals surface area (Å²) in [6.45, 7) is 4.32. The van der Waals surface area contributed by atoms with Crippen molar-refractivity contribution in [2.45, 2.75) is 26.7 Å². The van der Waals surface area contributed by atoms with Crippen LogP contribution in [0.3, 0.4) is 0 Å². The molecule has 0 bridgehead atoms. The van der Waals surface area contributed by atoms with Crippen LogP contribution in [0.2, 0.25) is 0 Å². The van der Waals surface area contributed by atoms with Crippen LogP contribution in [0.4, 0.5) is 0 Å². The highest BCUT2D eigenvalue weighted by molar-refractivity contribution is 6.15. The fourth-order valence-electron chi connectivity index (χ4n) is 3.59. The Bertz CT molecular complexity index is 907. The Kier molecular flexibility index (Phi) is 2.75. The number of H-pyrrole nitrogens is 1. The molecule has 21 heavy (non-hydrogen) atoms. The molecule has 1 heteroatoms. The smallest absolute Gasteiger partial charge is 0.0504 e. The van der Waals surface area contributed by atoms with E-state index in [1.807, 2.05) is 0 Å².